The van der Waals surface area contributed by atoms with Gasteiger partial charge in [-0.3, -0.25) is 0 Å². The molecule has 0 N–H and O–H groups in total. The minimum absolute atomic E-state index is 0. The van der Waals surface area contributed by atoms with Crippen LogP contribution in [0.2, 0.25) is 0 Å². The minimum Gasteiger partial charge on any atom is -0.194 e. The molecule has 16 heavy (non-hydrogen) atoms. The maximum atomic E-state index is 4.00. The monoisotopic (exact) mass is 286 g/mol. The van der Waals surface area contributed by atoms with E-state index in [2.05, 4.69) is 48.3 Å². The van der Waals surface area contributed by atoms with E-state index >= 15 is 0 Å². The van der Waals surface area contributed by atoms with Gasteiger partial charge in [0.1, 0.15) is 0 Å². The molecule has 0 aliphatic rings. The van der Waals surface area contributed by atoms with Gasteiger partial charge in [0, 0.05) is 45.4 Å². The molecule has 0 bridgehead atoms. The average molecular weight is 286 g/mol. The number of hydrogen-bond acceptors (Lipinski definition) is 2. The van der Waals surface area contributed by atoms with E-state index < -0.39 is 0 Å². The molecule has 0 unspecified atom stereocenters. The number of aryl methyl sites for hydroxylation is 2. The second kappa shape index (κ2) is 5.65. The molecule has 79 valence electrons. The van der Waals surface area contributed by atoms with Crippen molar-refractivity contribution in [2.24, 2.45) is 10.2 Å². The van der Waals surface area contributed by atoms with Gasteiger partial charge in [-0.25, -0.2) is 0 Å². The Bertz CT molecular complexity index is 533. The first-order valence-electron chi connectivity index (χ1n) is 4.94. The number of rotatable bonds is 1. The number of fused-ring (bicyclic) bond motifs is 1. The Kier molecular flexibility index (Phi) is 4.76. The van der Waals surface area contributed by atoms with E-state index in [9.17, 15) is 0 Å². The number of azo groups is 1. The molecule has 0 aliphatic heterocycles. The van der Waals surface area contributed by atoms with Crippen molar-refractivity contribution in [1.29, 1.82) is 0 Å². The predicted octanol–water partition coefficient (Wildman–Crippen LogP) is 3.97. The molecule has 1 radical (unpaired) electrons. The zero-order valence-electron chi connectivity index (χ0n) is 9.78. The Labute approximate surface area is 121 Å². The zero-order chi connectivity index (χ0) is 10.8. The zero-order valence-corrected chi connectivity index (χ0v) is 12.6. The summed E-state index contributed by atoms with van der Waals surface area (Å²) >= 11 is 0. The van der Waals surface area contributed by atoms with Crippen LogP contribution < -0.4 is 0 Å². The van der Waals surface area contributed by atoms with Crippen LogP contribution in [-0.2, 0) is 32.7 Å². The van der Waals surface area contributed by atoms with Crippen LogP contribution in [0.4, 0.5) is 5.69 Å². The third kappa shape index (κ3) is 2.56. The van der Waals surface area contributed by atoms with Crippen molar-refractivity contribution in [3.63, 3.8) is 0 Å². The van der Waals surface area contributed by atoms with E-state index in [0.29, 0.717) is 0 Å². The van der Waals surface area contributed by atoms with Crippen LogP contribution in [0.25, 0.3) is 10.8 Å². The summed E-state index contributed by atoms with van der Waals surface area (Å²) in [6.45, 7) is 4.22. The molecule has 0 atom stereocenters. The molecule has 2 nitrogen and oxygen atoms in total. The molecule has 2 rings (SSSR count). The third-order valence-corrected chi connectivity index (χ3v) is 2.65. The summed E-state index contributed by atoms with van der Waals surface area (Å²) in [6, 6.07) is 11.5. The average Bonchev–Trinajstić information content (AvgIpc) is 2.25. The van der Waals surface area contributed by atoms with E-state index in [1.165, 1.54) is 16.5 Å². The molecule has 0 heterocycles. The molecule has 2 aromatic carbocycles. The smallest absolute Gasteiger partial charge is 0.0491 e. The van der Waals surface area contributed by atoms with Crippen LogP contribution in [0.5, 0.6) is 0 Å². The van der Waals surface area contributed by atoms with Crippen molar-refractivity contribution < 1.29 is 32.7 Å². The van der Waals surface area contributed by atoms with Crippen molar-refractivity contribution in [1.82, 2.24) is 0 Å². The largest absolute Gasteiger partial charge is 0.194 e. The van der Waals surface area contributed by atoms with Crippen molar-refractivity contribution in [2.45, 2.75) is 13.8 Å². The molecule has 3 heteroatoms. The van der Waals surface area contributed by atoms with Gasteiger partial charge in [-0.15, -0.1) is 34.5 Å². The summed E-state index contributed by atoms with van der Waals surface area (Å²) in [6.07, 6.45) is 0. The van der Waals surface area contributed by atoms with E-state index in [1.807, 2.05) is 6.07 Å². The molecule has 0 fully saturated rings. The van der Waals surface area contributed by atoms with E-state index in [0.717, 1.165) is 11.1 Å². The quantitative estimate of drug-likeness (QED) is 0.560. The maximum absolute atomic E-state index is 4.00. The van der Waals surface area contributed by atoms with Gasteiger partial charge in [0.2, 0.25) is 0 Å². The molecule has 0 amide bonds. The SMILES string of the molecule is CN=Nc1[c-]c2c(C)c(C)ccc2cc1.[Y]. The van der Waals surface area contributed by atoms with Crippen molar-refractivity contribution >= 4 is 16.5 Å². The first-order chi connectivity index (χ1) is 7.22. The fourth-order valence-electron chi connectivity index (χ4n) is 1.65. The van der Waals surface area contributed by atoms with Crippen LogP contribution in [0.1, 0.15) is 11.1 Å². The molecular formula is C13H13N2Y-. The maximum Gasteiger partial charge on any atom is 0.0491 e. The van der Waals surface area contributed by atoms with Crippen LogP contribution in [0, 0.1) is 19.9 Å². The first kappa shape index (κ1) is 13.5. The van der Waals surface area contributed by atoms with Crippen LogP contribution in [0.3, 0.4) is 0 Å². The van der Waals surface area contributed by atoms with Gasteiger partial charge in [-0.2, -0.15) is 10.2 Å². The Morgan fingerprint density at radius 2 is 1.75 bits per heavy atom. The summed E-state index contributed by atoms with van der Waals surface area (Å²) in [5.41, 5.74) is 3.34. The summed E-state index contributed by atoms with van der Waals surface area (Å²) < 4.78 is 0. The standard InChI is InChI=1S/C13H13N2.Y/c1-9-4-5-11-6-7-12(15-14-3)8-13(11)10(9)2;/h4-7H,1-3H3;/q-1;. The minimum atomic E-state index is 0. The Hall–Kier alpha value is -0.596. The molecular weight excluding hydrogens is 273 g/mol. The molecule has 0 saturated carbocycles. The van der Waals surface area contributed by atoms with Crippen LogP contribution in [-0.4, -0.2) is 7.05 Å². The summed E-state index contributed by atoms with van der Waals surface area (Å²) in [7, 11) is 1.67. The second-order valence-electron chi connectivity index (χ2n) is 3.62. The number of nitrogens with zero attached hydrogens (tertiary/aromatic N) is 2. The van der Waals surface area contributed by atoms with Crippen LogP contribution in [0.15, 0.2) is 34.5 Å². The van der Waals surface area contributed by atoms with Gasteiger partial charge in [0.05, 0.1) is 0 Å². The summed E-state index contributed by atoms with van der Waals surface area (Å²) in [4.78, 5) is 0. The second-order valence-corrected chi connectivity index (χ2v) is 3.62. The number of benzene rings is 2. The van der Waals surface area contributed by atoms with Gasteiger partial charge >= 0.3 is 0 Å². The van der Waals surface area contributed by atoms with Crippen molar-refractivity contribution in [3.05, 3.63) is 41.5 Å². The van der Waals surface area contributed by atoms with Crippen molar-refractivity contribution in [3.8, 4) is 0 Å². The topological polar surface area (TPSA) is 24.7 Å². The normalized spacial score (nSPS) is 10.7. The third-order valence-electron chi connectivity index (χ3n) is 2.65. The van der Waals surface area contributed by atoms with E-state index in [-0.39, 0.29) is 32.7 Å². The first-order valence-corrected chi connectivity index (χ1v) is 4.94. The molecule has 0 aromatic heterocycles. The molecule has 2 aromatic rings. The van der Waals surface area contributed by atoms with Gasteiger partial charge in [-0.05, 0) is 6.92 Å². The van der Waals surface area contributed by atoms with Crippen LogP contribution >= 0.6 is 0 Å². The van der Waals surface area contributed by atoms with E-state index in [4.69, 9.17) is 0 Å². The predicted molar refractivity (Wildman–Crippen MR) is 62.7 cm³/mol. The van der Waals surface area contributed by atoms with Crippen molar-refractivity contribution in [2.75, 3.05) is 7.05 Å². The Balaban J connectivity index is 0.00000128. The van der Waals surface area contributed by atoms with E-state index in [1.54, 1.807) is 7.05 Å². The fourth-order valence-corrected chi connectivity index (χ4v) is 1.65. The van der Waals surface area contributed by atoms with Gasteiger partial charge < -0.3 is 0 Å². The van der Waals surface area contributed by atoms with Gasteiger partial charge in [0.15, 0.2) is 0 Å². The summed E-state index contributed by atoms with van der Waals surface area (Å²) in [5, 5.41) is 10.1. The molecule has 0 aliphatic carbocycles. The fraction of sp³-hybridized carbons (Fsp3) is 0.231. The molecule has 0 spiro atoms. The Morgan fingerprint density at radius 1 is 1.06 bits per heavy atom. The van der Waals surface area contributed by atoms with Gasteiger partial charge in [0.25, 0.3) is 0 Å². The Morgan fingerprint density at radius 3 is 2.44 bits per heavy atom. The summed E-state index contributed by atoms with van der Waals surface area (Å²) in [5.74, 6) is 0. The van der Waals surface area contributed by atoms with Gasteiger partial charge in [-0.1, -0.05) is 24.6 Å². The molecule has 0 saturated heterocycles. The number of hydrogen-bond donors (Lipinski definition) is 0.